The molecule has 1 saturated heterocycles. The van der Waals surface area contributed by atoms with Crippen LogP contribution in [0.1, 0.15) is 38.2 Å². The van der Waals surface area contributed by atoms with Crippen LogP contribution in [0.2, 0.25) is 5.82 Å². The number of carbonyl (C=O) groups excluding carboxylic acids is 3. The highest BCUT2D eigenvalue weighted by Crippen LogP contribution is 2.35. The molecule has 0 aromatic heterocycles. The number of carboxylic acid groups (broad SMARTS) is 1. The van der Waals surface area contributed by atoms with Crippen LogP contribution in [-0.4, -0.2) is 52.3 Å². The molecular formula is C26H27BN4O5. The molecule has 0 bridgehead atoms. The van der Waals surface area contributed by atoms with Gasteiger partial charge in [-0.15, -0.1) is 0 Å². The van der Waals surface area contributed by atoms with Crippen LogP contribution in [0.15, 0.2) is 71.3 Å². The van der Waals surface area contributed by atoms with Gasteiger partial charge < -0.3 is 25.9 Å². The molecule has 3 amide bonds. The lowest BCUT2D eigenvalue weighted by atomic mass is 9.57. The Bertz CT molecular complexity index is 1240. The summed E-state index contributed by atoms with van der Waals surface area (Å²) in [5, 5.41) is 11.8. The van der Waals surface area contributed by atoms with Gasteiger partial charge in [-0.05, 0) is 42.5 Å². The van der Waals surface area contributed by atoms with Crippen molar-refractivity contribution in [3.8, 4) is 11.1 Å². The van der Waals surface area contributed by atoms with Crippen LogP contribution in [0.3, 0.4) is 0 Å². The summed E-state index contributed by atoms with van der Waals surface area (Å²) in [5.41, 5.74) is 9.57. The topological polar surface area (TPSA) is 142 Å². The van der Waals surface area contributed by atoms with Crippen molar-refractivity contribution in [2.24, 2.45) is 10.6 Å². The van der Waals surface area contributed by atoms with E-state index in [1.54, 1.807) is 0 Å². The minimum Gasteiger partial charge on any atom is -0.481 e. The van der Waals surface area contributed by atoms with Crippen molar-refractivity contribution in [2.75, 3.05) is 0 Å². The highest BCUT2D eigenvalue weighted by molar-refractivity contribution is 6.66. The standard InChI is InChI=1S/C26H27BN4O5/c1-16(25(28)35)29-26(36)21(12-14-24(33)34)27-30-22(15-20-11-13-23(32)31(20)27)19-9-7-18(8-10-19)17-5-3-2-4-6-17/h2-10,15-16,21H,11-14H2,1H3,(H2,28,35)(H,29,36)(H,33,34)/t16-,21?/m0/s1. The summed E-state index contributed by atoms with van der Waals surface area (Å²) in [6, 6.07) is 16.8. The Morgan fingerprint density at radius 3 is 2.33 bits per heavy atom. The molecule has 2 aliphatic rings. The predicted octanol–water partition coefficient (Wildman–Crippen LogP) is 2.38. The third-order valence-corrected chi connectivity index (χ3v) is 6.45. The summed E-state index contributed by atoms with van der Waals surface area (Å²) in [7, 11) is 0. The summed E-state index contributed by atoms with van der Waals surface area (Å²) < 4.78 is 0. The maximum absolute atomic E-state index is 13.2. The van der Waals surface area contributed by atoms with Crippen molar-refractivity contribution in [1.82, 2.24) is 10.1 Å². The first-order valence-corrected chi connectivity index (χ1v) is 11.8. The number of amides is 3. The first kappa shape index (κ1) is 24.9. The molecule has 0 radical (unpaired) electrons. The fraction of sp³-hybridized carbons (Fsp3) is 0.269. The molecule has 2 heterocycles. The van der Waals surface area contributed by atoms with Gasteiger partial charge in [0.2, 0.25) is 17.7 Å². The van der Waals surface area contributed by atoms with Crippen LogP contribution in [-0.2, 0) is 19.2 Å². The zero-order chi connectivity index (χ0) is 25.8. The summed E-state index contributed by atoms with van der Waals surface area (Å²) >= 11 is 0. The third kappa shape index (κ3) is 5.38. The Hall–Kier alpha value is -4.21. The number of rotatable bonds is 9. The van der Waals surface area contributed by atoms with Crippen LogP contribution < -0.4 is 11.1 Å². The van der Waals surface area contributed by atoms with Gasteiger partial charge in [0.25, 0.3) is 0 Å². The molecule has 9 nitrogen and oxygen atoms in total. The van der Waals surface area contributed by atoms with E-state index < -0.39 is 36.6 Å². The van der Waals surface area contributed by atoms with E-state index in [0.717, 1.165) is 22.4 Å². The van der Waals surface area contributed by atoms with Gasteiger partial charge in [0.1, 0.15) is 6.04 Å². The van der Waals surface area contributed by atoms with Crippen molar-refractivity contribution in [3.05, 3.63) is 71.9 Å². The van der Waals surface area contributed by atoms with Crippen molar-refractivity contribution in [1.29, 1.82) is 0 Å². The van der Waals surface area contributed by atoms with Gasteiger partial charge in [0.15, 0.2) is 0 Å². The Morgan fingerprint density at radius 1 is 1.06 bits per heavy atom. The molecule has 0 spiro atoms. The van der Waals surface area contributed by atoms with Gasteiger partial charge >= 0.3 is 13.0 Å². The number of hydrogen-bond acceptors (Lipinski definition) is 5. The largest absolute Gasteiger partial charge is 0.481 e. The predicted molar refractivity (Wildman–Crippen MR) is 136 cm³/mol. The maximum atomic E-state index is 13.2. The molecule has 2 aliphatic heterocycles. The number of nitrogens with two attached hydrogens (primary N) is 1. The van der Waals surface area contributed by atoms with Crippen LogP contribution in [0.4, 0.5) is 0 Å². The number of hydrogen-bond donors (Lipinski definition) is 3. The van der Waals surface area contributed by atoms with E-state index in [-0.39, 0.29) is 25.2 Å². The van der Waals surface area contributed by atoms with E-state index in [0.29, 0.717) is 12.1 Å². The first-order valence-electron chi connectivity index (χ1n) is 11.8. The highest BCUT2D eigenvalue weighted by atomic mass is 16.4. The molecule has 2 aromatic rings. The number of allylic oxidation sites excluding steroid dienone is 2. The average molecular weight is 486 g/mol. The van der Waals surface area contributed by atoms with E-state index in [9.17, 15) is 24.3 Å². The Balaban J connectivity index is 1.69. The zero-order valence-corrected chi connectivity index (χ0v) is 19.9. The molecule has 4 rings (SSSR count). The molecule has 0 saturated carbocycles. The number of carboxylic acids is 1. The number of benzene rings is 2. The minimum atomic E-state index is -1.07. The first-order chi connectivity index (χ1) is 17.2. The second kappa shape index (κ2) is 10.6. The molecule has 36 heavy (non-hydrogen) atoms. The van der Waals surface area contributed by atoms with E-state index >= 15 is 0 Å². The summed E-state index contributed by atoms with van der Waals surface area (Å²) in [5.74, 6) is -3.52. The van der Waals surface area contributed by atoms with Gasteiger partial charge in [-0.25, -0.2) is 0 Å². The van der Waals surface area contributed by atoms with Crippen LogP contribution in [0.5, 0.6) is 0 Å². The van der Waals surface area contributed by atoms with Crippen LogP contribution in [0.25, 0.3) is 11.1 Å². The molecule has 10 heteroatoms. The van der Waals surface area contributed by atoms with Crippen LogP contribution in [0, 0.1) is 0 Å². The minimum absolute atomic E-state index is 0.0574. The lowest BCUT2D eigenvalue weighted by Crippen LogP contribution is -2.51. The summed E-state index contributed by atoms with van der Waals surface area (Å²) in [6.07, 6.45) is 2.27. The Labute approximate surface area is 209 Å². The fourth-order valence-corrected chi connectivity index (χ4v) is 4.47. The van der Waals surface area contributed by atoms with E-state index in [2.05, 4.69) is 5.32 Å². The van der Waals surface area contributed by atoms with Crippen molar-refractivity contribution < 1.29 is 24.3 Å². The molecule has 2 aromatic carbocycles. The fourth-order valence-electron chi connectivity index (χ4n) is 4.47. The van der Waals surface area contributed by atoms with Gasteiger partial charge in [-0.3, -0.25) is 19.2 Å². The average Bonchev–Trinajstić information content (AvgIpc) is 3.25. The number of carbonyl (C=O) groups is 4. The third-order valence-electron chi connectivity index (χ3n) is 6.45. The smallest absolute Gasteiger partial charge is 0.414 e. The molecular weight excluding hydrogens is 459 g/mol. The van der Waals surface area contributed by atoms with E-state index in [1.807, 2.05) is 60.7 Å². The van der Waals surface area contributed by atoms with Crippen LogP contribution >= 0.6 is 0 Å². The quantitative estimate of drug-likeness (QED) is 0.467. The number of primary amides is 1. The zero-order valence-electron chi connectivity index (χ0n) is 19.9. The molecule has 1 unspecified atom stereocenters. The molecule has 0 aliphatic carbocycles. The SMILES string of the molecule is C[C@H](NC(=O)C(CCC(=O)O)B1N=C(c2ccc(-c3ccccc3)cc2)C=C2CCC(=O)N12)C(N)=O. The second-order valence-electron chi connectivity index (χ2n) is 8.94. The van der Waals surface area contributed by atoms with Crippen molar-refractivity contribution in [2.45, 2.75) is 44.5 Å². The van der Waals surface area contributed by atoms with Gasteiger partial charge in [-0.1, -0.05) is 54.6 Å². The molecule has 1 fully saturated rings. The monoisotopic (exact) mass is 486 g/mol. The summed E-state index contributed by atoms with van der Waals surface area (Å²) in [6.45, 7) is 0.522. The lowest BCUT2D eigenvalue weighted by molar-refractivity contribution is -0.137. The maximum Gasteiger partial charge on any atom is 0.414 e. The molecule has 184 valence electrons. The van der Waals surface area contributed by atoms with Gasteiger partial charge in [-0.2, -0.15) is 0 Å². The Morgan fingerprint density at radius 2 is 1.69 bits per heavy atom. The number of nitrogens with one attached hydrogen (secondary N) is 1. The number of fused-ring (bicyclic) bond motifs is 1. The highest BCUT2D eigenvalue weighted by Gasteiger charge is 2.46. The summed E-state index contributed by atoms with van der Waals surface area (Å²) in [4.78, 5) is 55.0. The van der Waals surface area contributed by atoms with Crippen molar-refractivity contribution in [3.63, 3.8) is 0 Å². The normalized spacial score (nSPS) is 16.5. The molecule has 4 N–H and O–H groups in total. The van der Waals surface area contributed by atoms with Gasteiger partial charge in [0.05, 0.1) is 11.5 Å². The van der Waals surface area contributed by atoms with E-state index in [1.165, 1.54) is 11.7 Å². The lowest BCUT2D eigenvalue weighted by Gasteiger charge is -2.32. The van der Waals surface area contributed by atoms with Gasteiger partial charge in [0, 0.05) is 18.5 Å². The van der Waals surface area contributed by atoms with E-state index in [4.69, 9.17) is 10.6 Å². The Kier molecular flexibility index (Phi) is 7.33. The van der Waals surface area contributed by atoms with Crippen molar-refractivity contribution >= 4 is 36.4 Å². The number of nitrogens with zero attached hydrogens (tertiary/aromatic N) is 2. The molecule has 2 atom stereocenters. The second-order valence-corrected chi connectivity index (χ2v) is 8.94. The number of aliphatic carboxylic acids is 1.